The van der Waals surface area contributed by atoms with Crippen LogP contribution in [0.1, 0.15) is 11.5 Å². The van der Waals surface area contributed by atoms with Crippen molar-refractivity contribution >= 4 is 28.3 Å². The fourth-order valence-corrected chi connectivity index (χ4v) is 3.06. The van der Waals surface area contributed by atoms with Gasteiger partial charge in [0.2, 0.25) is 0 Å². The van der Waals surface area contributed by atoms with Crippen LogP contribution >= 0.6 is 22.6 Å². The minimum Gasteiger partial charge on any atom is -0.378 e. The summed E-state index contributed by atoms with van der Waals surface area (Å²) in [6.07, 6.45) is 8.78. The Labute approximate surface area is 97.0 Å². The molecular weight excluding hydrogens is 285 g/mol. The maximum atomic E-state index is 3.53. The zero-order chi connectivity index (χ0) is 9.54. The first-order valence-corrected chi connectivity index (χ1v) is 5.84. The first kappa shape index (κ1) is 8.53. The van der Waals surface area contributed by atoms with Crippen LogP contribution in [0.25, 0.3) is 0 Å². The molecular formula is C12H10IN. The Morgan fingerprint density at radius 3 is 2.93 bits per heavy atom. The molecule has 0 amide bonds. The monoisotopic (exact) mass is 295 g/mol. The SMILES string of the molecule is Ic1cccc2c1C1C=CC=CC1N2. The van der Waals surface area contributed by atoms with Crippen molar-refractivity contribution in [3.63, 3.8) is 0 Å². The van der Waals surface area contributed by atoms with E-state index in [1.165, 1.54) is 14.8 Å². The largest absolute Gasteiger partial charge is 0.378 e. The highest BCUT2D eigenvalue weighted by Crippen LogP contribution is 2.41. The van der Waals surface area contributed by atoms with Crippen LogP contribution in [0.4, 0.5) is 5.69 Å². The fraction of sp³-hybridized carbons (Fsp3) is 0.167. The molecule has 0 fully saturated rings. The van der Waals surface area contributed by atoms with Crippen molar-refractivity contribution < 1.29 is 0 Å². The molecule has 1 aromatic rings. The summed E-state index contributed by atoms with van der Waals surface area (Å²) >= 11 is 2.42. The highest BCUT2D eigenvalue weighted by atomic mass is 127. The van der Waals surface area contributed by atoms with Gasteiger partial charge in [-0.1, -0.05) is 30.4 Å². The molecule has 0 radical (unpaired) electrons. The van der Waals surface area contributed by atoms with Gasteiger partial charge in [0.1, 0.15) is 0 Å². The van der Waals surface area contributed by atoms with Gasteiger partial charge in [-0.25, -0.2) is 0 Å². The van der Waals surface area contributed by atoms with E-state index < -0.39 is 0 Å². The maximum absolute atomic E-state index is 3.53. The summed E-state index contributed by atoms with van der Waals surface area (Å²) in [5, 5.41) is 3.53. The Morgan fingerprint density at radius 2 is 2.00 bits per heavy atom. The van der Waals surface area contributed by atoms with Crippen molar-refractivity contribution in [1.29, 1.82) is 0 Å². The molecule has 14 heavy (non-hydrogen) atoms. The summed E-state index contributed by atoms with van der Waals surface area (Å²) in [7, 11) is 0. The minimum atomic E-state index is 0.464. The van der Waals surface area contributed by atoms with E-state index in [0.717, 1.165) is 0 Å². The molecule has 2 atom stereocenters. The molecule has 0 saturated carbocycles. The number of nitrogens with one attached hydrogen (secondary N) is 1. The highest BCUT2D eigenvalue weighted by molar-refractivity contribution is 14.1. The van der Waals surface area contributed by atoms with Gasteiger partial charge in [-0.3, -0.25) is 0 Å². The maximum Gasteiger partial charge on any atom is 0.0552 e. The Bertz CT molecular complexity index is 434. The molecule has 1 aliphatic carbocycles. The number of anilines is 1. The zero-order valence-corrected chi connectivity index (χ0v) is 9.73. The predicted octanol–water partition coefficient (Wildman–Crippen LogP) is 3.29. The van der Waals surface area contributed by atoms with Gasteiger partial charge in [-0.2, -0.15) is 0 Å². The fourth-order valence-electron chi connectivity index (χ4n) is 2.20. The molecule has 0 aromatic heterocycles. The van der Waals surface area contributed by atoms with Crippen LogP contribution in [0.15, 0.2) is 42.5 Å². The topological polar surface area (TPSA) is 12.0 Å². The van der Waals surface area contributed by atoms with Gasteiger partial charge < -0.3 is 5.32 Å². The summed E-state index contributed by atoms with van der Waals surface area (Å²) in [6.45, 7) is 0. The average molecular weight is 295 g/mol. The Balaban J connectivity index is 2.17. The number of hydrogen-bond acceptors (Lipinski definition) is 1. The Morgan fingerprint density at radius 1 is 1.14 bits per heavy atom. The summed E-state index contributed by atoms with van der Waals surface area (Å²) in [4.78, 5) is 0. The third-order valence-corrected chi connectivity index (χ3v) is 3.78. The molecule has 0 saturated heterocycles. The quantitative estimate of drug-likeness (QED) is 0.724. The van der Waals surface area contributed by atoms with Crippen molar-refractivity contribution in [2.45, 2.75) is 12.0 Å². The van der Waals surface area contributed by atoms with Gasteiger partial charge >= 0.3 is 0 Å². The van der Waals surface area contributed by atoms with Crippen LogP contribution in [-0.4, -0.2) is 6.04 Å². The first-order valence-electron chi connectivity index (χ1n) is 4.76. The Kier molecular flexibility index (Phi) is 1.90. The van der Waals surface area contributed by atoms with Crippen LogP contribution < -0.4 is 5.32 Å². The van der Waals surface area contributed by atoms with Gasteiger partial charge in [0.05, 0.1) is 6.04 Å². The molecule has 0 spiro atoms. The lowest BCUT2D eigenvalue weighted by Gasteiger charge is -2.16. The molecule has 1 aromatic carbocycles. The number of rotatable bonds is 0. The summed E-state index contributed by atoms with van der Waals surface area (Å²) < 4.78 is 1.36. The minimum absolute atomic E-state index is 0.464. The second kappa shape index (κ2) is 3.12. The zero-order valence-electron chi connectivity index (χ0n) is 7.57. The summed E-state index contributed by atoms with van der Waals surface area (Å²) in [5.41, 5.74) is 2.75. The van der Waals surface area contributed by atoms with E-state index in [-0.39, 0.29) is 0 Å². The Hall–Kier alpha value is -0.770. The van der Waals surface area contributed by atoms with Crippen molar-refractivity contribution in [1.82, 2.24) is 0 Å². The molecule has 1 nitrogen and oxygen atoms in total. The third kappa shape index (κ3) is 1.13. The lowest BCUT2D eigenvalue weighted by molar-refractivity contribution is 0.802. The molecule has 1 heterocycles. The van der Waals surface area contributed by atoms with Gasteiger partial charge in [-0.05, 0) is 40.3 Å². The smallest absolute Gasteiger partial charge is 0.0552 e. The normalized spacial score (nSPS) is 26.9. The number of allylic oxidation sites excluding steroid dienone is 2. The first-order chi connectivity index (χ1) is 6.86. The van der Waals surface area contributed by atoms with E-state index >= 15 is 0 Å². The number of halogens is 1. The second-order valence-corrected chi connectivity index (χ2v) is 4.83. The van der Waals surface area contributed by atoms with E-state index in [4.69, 9.17) is 0 Å². The molecule has 0 bridgehead atoms. The van der Waals surface area contributed by atoms with Gasteiger partial charge in [-0.15, -0.1) is 0 Å². The third-order valence-electron chi connectivity index (χ3n) is 2.84. The lowest BCUT2D eigenvalue weighted by atomic mass is 9.92. The number of hydrogen-bond donors (Lipinski definition) is 1. The van der Waals surface area contributed by atoms with E-state index in [1.54, 1.807) is 0 Å². The highest BCUT2D eigenvalue weighted by Gasteiger charge is 2.30. The van der Waals surface area contributed by atoms with Crippen molar-refractivity contribution in [2.75, 3.05) is 5.32 Å². The average Bonchev–Trinajstić information content (AvgIpc) is 2.57. The van der Waals surface area contributed by atoms with Crippen molar-refractivity contribution in [3.8, 4) is 0 Å². The molecule has 2 aliphatic rings. The van der Waals surface area contributed by atoms with E-state index in [9.17, 15) is 0 Å². The van der Waals surface area contributed by atoms with Gasteiger partial charge in [0, 0.05) is 15.2 Å². The standard InChI is InChI=1S/C12H10IN/c13-9-5-3-7-11-12(9)8-4-1-2-6-10(8)14-11/h1-8,10,14H. The van der Waals surface area contributed by atoms with Crippen molar-refractivity contribution in [3.05, 3.63) is 51.6 Å². The molecule has 2 heteroatoms. The van der Waals surface area contributed by atoms with Crippen LogP contribution in [0.3, 0.4) is 0 Å². The van der Waals surface area contributed by atoms with Gasteiger partial charge in [0.25, 0.3) is 0 Å². The van der Waals surface area contributed by atoms with E-state index in [0.29, 0.717) is 12.0 Å². The van der Waals surface area contributed by atoms with E-state index in [1.807, 2.05) is 0 Å². The van der Waals surface area contributed by atoms with E-state index in [2.05, 4.69) is 70.4 Å². The van der Waals surface area contributed by atoms with Crippen LogP contribution in [0, 0.1) is 3.57 Å². The van der Waals surface area contributed by atoms with Crippen molar-refractivity contribution in [2.24, 2.45) is 0 Å². The lowest BCUT2D eigenvalue weighted by Crippen LogP contribution is -2.17. The van der Waals surface area contributed by atoms with Crippen LogP contribution in [0.5, 0.6) is 0 Å². The van der Waals surface area contributed by atoms with Crippen LogP contribution in [0.2, 0.25) is 0 Å². The number of benzene rings is 1. The second-order valence-electron chi connectivity index (χ2n) is 3.67. The molecule has 70 valence electrons. The summed E-state index contributed by atoms with van der Waals surface area (Å²) in [6, 6.07) is 6.91. The summed E-state index contributed by atoms with van der Waals surface area (Å²) in [5.74, 6) is 0.531. The molecule has 1 aliphatic heterocycles. The predicted molar refractivity (Wildman–Crippen MR) is 67.6 cm³/mol. The molecule has 1 N–H and O–H groups in total. The molecule has 2 unspecified atom stereocenters. The number of fused-ring (bicyclic) bond motifs is 3. The van der Waals surface area contributed by atoms with Gasteiger partial charge in [0.15, 0.2) is 0 Å². The molecule has 3 rings (SSSR count). The van der Waals surface area contributed by atoms with Crippen LogP contribution in [-0.2, 0) is 0 Å².